The van der Waals surface area contributed by atoms with Gasteiger partial charge >= 0.3 is 6.18 Å². The van der Waals surface area contributed by atoms with Crippen molar-refractivity contribution >= 4 is 17.3 Å². The molecule has 6 nitrogen and oxygen atoms in total. The summed E-state index contributed by atoms with van der Waals surface area (Å²) >= 11 is 0. The Morgan fingerprint density at radius 1 is 1.22 bits per heavy atom. The Balaban J connectivity index is 2.01. The monoisotopic (exact) mass is 380 g/mol. The molecule has 0 fully saturated rings. The molecule has 0 atom stereocenters. The number of halogens is 3. The van der Waals surface area contributed by atoms with Crippen molar-refractivity contribution in [1.29, 1.82) is 0 Å². The first-order chi connectivity index (χ1) is 12.7. The highest BCUT2D eigenvalue weighted by Crippen LogP contribution is 2.30. The Hall–Kier alpha value is -3.36. The van der Waals surface area contributed by atoms with E-state index in [0.29, 0.717) is 12.0 Å². The molecule has 0 bridgehead atoms. The van der Waals surface area contributed by atoms with Crippen molar-refractivity contribution in [3.63, 3.8) is 0 Å². The van der Waals surface area contributed by atoms with Crippen LogP contribution < -0.4 is 10.1 Å². The van der Waals surface area contributed by atoms with Crippen LogP contribution in [0.4, 0.5) is 24.5 Å². The smallest absolute Gasteiger partial charge is 0.416 e. The average Bonchev–Trinajstić information content (AvgIpc) is 2.60. The van der Waals surface area contributed by atoms with E-state index in [1.165, 1.54) is 24.3 Å². The third-order valence-corrected chi connectivity index (χ3v) is 3.47. The summed E-state index contributed by atoms with van der Waals surface area (Å²) in [4.78, 5) is 22.2. The van der Waals surface area contributed by atoms with Gasteiger partial charge in [-0.05, 0) is 36.8 Å². The molecule has 2 aromatic rings. The number of benzene rings is 2. The van der Waals surface area contributed by atoms with Crippen LogP contribution in [0.3, 0.4) is 0 Å². The standard InChI is InChI=1S/C18H15F3N2O4/c1-2-3-12-10-15(23(25)26)8-9-16(12)27-11-17(24)22-14-6-4-13(5-7-14)18(19,20)21/h2,4-10H,1,3,11H2,(H,22,24). The molecule has 2 aromatic carbocycles. The zero-order chi connectivity index (χ0) is 20.0. The molecule has 0 heterocycles. The van der Waals surface area contributed by atoms with Gasteiger partial charge in [-0.3, -0.25) is 14.9 Å². The molecular formula is C18H15F3N2O4. The zero-order valence-corrected chi connectivity index (χ0v) is 14.0. The van der Waals surface area contributed by atoms with Gasteiger partial charge < -0.3 is 10.1 Å². The molecule has 1 amide bonds. The summed E-state index contributed by atoms with van der Waals surface area (Å²) in [7, 11) is 0. The molecule has 0 aliphatic heterocycles. The van der Waals surface area contributed by atoms with Crippen molar-refractivity contribution in [1.82, 2.24) is 0 Å². The van der Waals surface area contributed by atoms with Gasteiger partial charge in [0.25, 0.3) is 11.6 Å². The van der Waals surface area contributed by atoms with Gasteiger partial charge in [0.2, 0.25) is 0 Å². The lowest BCUT2D eigenvalue weighted by atomic mass is 10.1. The molecule has 9 heteroatoms. The number of nitro groups is 1. The highest BCUT2D eigenvalue weighted by Gasteiger charge is 2.30. The van der Waals surface area contributed by atoms with E-state index in [2.05, 4.69) is 11.9 Å². The molecule has 0 aromatic heterocycles. The maximum atomic E-state index is 12.5. The van der Waals surface area contributed by atoms with Gasteiger partial charge in [0.15, 0.2) is 6.61 Å². The number of allylic oxidation sites excluding steroid dienone is 1. The number of carbonyl (C=O) groups excluding carboxylic acids is 1. The van der Waals surface area contributed by atoms with Crippen LogP contribution >= 0.6 is 0 Å². The first-order valence-electron chi connectivity index (χ1n) is 7.69. The second-order valence-corrected chi connectivity index (χ2v) is 5.45. The van der Waals surface area contributed by atoms with Crippen molar-refractivity contribution < 1.29 is 27.6 Å². The molecule has 0 unspecified atom stereocenters. The Morgan fingerprint density at radius 2 is 1.89 bits per heavy atom. The van der Waals surface area contributed by atoms with Gasteiger partial charge in [-0.2, -0.15) is 13.2 Å². The molecule has 0 spiro atoms. The second kappa shape index (κ2) is 8.35. The third-order valence-electron chi connectivity index (χ3n) is 3.47. The molecule has 0 radical (unpaired) electrons. The minimum absolute atomic E-state index is 0.117. The number of nitrogens with one attached hydrogen (secondary N) is 1. The second-order valence-electron chi connectivity index (χ2n) is 5.45. The van der Waals surface area contributed by atoms with Gasteiger partial charge in [-0.15, -0.1) is 6.58 Å². The van der Waals surface area contributed by atoms with Crippen LogP contribution in [0.1, 0.15) is 11.1 Å². The van der Waals surface area contributed by atoms with Gasteiger partial charge in [-0.25, -0.2) is 0 Å². The first-order valence-corrected chi connectivity index (χ1v) is 7.69. The Morgan fingerprint density at radius 3 is 2.44 bits per heavy atom. The summed E-state index contributed by atoms with van der Waals surface area (Å²) in [6, 6.07) is 7.93. The molecule has 1 N–H and O–H groups in total. The third kappa shape index (κ3) is 5.56. The van der Waals surface area contributed by atoms with E-state index in [1.54, 1.807) is 0 Å². The molecular weight excluding hydrogens is 365 g/mol. The van der Waals surface area contributed by atoms with E-state index in [0.717, 1.165) is 24.3 Å². The normalized spacial score (nSPS) is 10.9. The first kappa shape index (κ1) is 20.0. The minimum Gasteiger partial charge on any atom is -0.483 e. The Kier molecular flexibility index (Phi) is 6.17. The average molecular weight is 380 g/mol. The van der Waals surface area contributed by atoms with Crippen LogP contribution in [-0.2, 0) is 17.4 Å². The number of alkyl halides is 3. The number of ether oxygens (including phenoxy) is 1. The highest BCUT2D eigenvalue weighted by molar-refractivity contribution is 5.91. The van der Waals surface area contributed by atoms with Gasteiger partial charge in [-0.1, -0.05) is 6.08 Å². The van der Waals surface area contributed by atoms with Crippen LogP contribution in [0.25, 0.3) is 0 Å². The number of rotatable bonds is 7. The number of carbonyl (C=O) groups is 1. The van der Waals surface area contributed by atoms with Crippen molar-refractivity contribution in [2.45, 2.75) is 12.6 Å². The predicted octanol–water partition coefficient (Wildman–Crippen LogP) is 4.36. The largest absolute Gasteiger partial charge is 0.483 e. The number of hydrogen-bond donors (Lipinski definition) is 1. The van der Waals surface area contributed by atoms with E-state index in [-0.39, 0.29) is 17.1 Å². The summed E-state index contributed by atoms with van der Waals surface area (Å²) < 4.78 is 42.9. The maximum Gasteiger partial charge on any atom is 0.416 e. The molecule has 0 saturated carbocycles. The number of nitrogens with zero attached hydrogens (tertiary/aromatic N) is 1. The van der Waals surface area contributed by atoms with Crippen LogP contribution in [0.5, 0.6) is 5.75 Å². The zero-order valence-electron chi connectivity index (χ0n) is 14.0. The van der Waals surface area contributed by atoms with Gasteiger partial charge in [0.1, 0.15) is 5.75 Å². The summed E-state index contributed by atoms with van der Waals surface area (Å²) in [6.45, 7) is 3.15. The molecule has 0 aliphatic rings. The lowest BCUT2D eigenvalue weighted by Crippen LogP contribution is -2.20. The highest BCUT2D eigenvalue weighted by atomic mass is 19.4. The molecule has 2 rings (SSSR count). The van der Waals surface area contributed by atoms with Crippen LogP contribution in [-0.4, -0.2) is 17.4 Å². The minimum atomic E-state index is -4.46. The van der Waals surface area contributed by atoms with E-state index in [1.807, 2.05) is 0 Å². The number of nitro benzene ring substituents is 1. The van der Waals surface area contributed by atoms with Crippen LogP contribution in [0.2, 0.25) is 0 Å². The molecule has 142 valence electrons. The summed E-state index contributed by atoms with van der Waals surface area (Å²) in [6.07, 6.45) is -2.62. The number of non-ortho nitro benzene ring substituents is 1. The molecule has 27 heavy (non-hydrogen) atoms. The fourth-order valence-corrected chi connectivity index (χ4v) is 2.22. The predicted molar refractivity (Wildman–Crippen MR) is 92.6 cm³/mol. The maximum absolute atomic E-state index is 12.5. The fraction of sp³-hybridized carbons (Fsp3) is 0.167. The topological polar surface area (TPSA) is 81.5 Å². The quantitative estimate of drug-likeness (QED) is 0.440. The lowest BCUT2D eigenvalue weighted by molar-refractivity contribution is -0.384. The fourth-order valence-electron chi connectivity index (χ4n) is 2.22. The molecule has 0 saturated heterocycles. The van der Waals surface area contributed by atoms with Crippen molar-refractivity contribution in [2.75, 3.05) is 11.9 Å². The Labute approximate surface area is 152 Å². The van der Waals surface area contributed by atoms with Crippen molar-refractivity contribution in [3.05, 3.63) is 76.4 Å². The lowest BCUT2D eigenvalue weighted by Gasteiger charge is -2.11. The number of anilines is 1. The van der Waals surface area contributed by atoms with Crippen molar-refractivity contribution in [2.24, 2.45) is 0 Å². The van der Waals surface area contributed by atoms with E-state index in [4.69, 9.17) is 4.74 Å². The van der Waals surface area contributed by atoms with Crippen LogP contribution in [0, 0.1) is 10.1 Å². The summed E-state index contributed by atoms with van der Waals surface area (Å²) in [5, 5.41) is 13.2. The van der Waals surface area contributed by atoms with Gasteiger partial charge in [0, 0.05) is 23.4 Å². The summed E-state index contributed by atoms with van der Waals surface area (Å²) in [5.74, 6) is -0.305. The number of amides is 1. The van der Waals surface area contributed by atoms with E-state index < -0.39 is 29.2 Å². The van der Waals surface area contributed by atoms with Crippen molar-refractivity contribution in [3.8, 4) is 5.75 Å². The molecule has 0 aliphatic carbocycles. The number of hydrogen-bond acceptors (Lipinski definition) is 4. The summed E-state index contributed by atoms with van der Waals surface area (Å²) in [5.41, 5.74) is -0.266. The Bertz CT molecular complexity index is 849. The SMILES string of the molecule is C=CCc1cc([N+](=O)[O-])ccc1OCC(=O)Nc1ccc(C(F)(F)F)cc1. The van der Waals surface area contributed by atoms with Gasteiger partial charge in [0.05, 0.1) is 10.5 Å². The van der Waals surface area contributed by atoms with E-state index in [9.17, 15) is 28.1 Å². The van der Waals surface area contributed by atoms with E-state index >= 15 is 0 Å². The van der Waals surface area contributed by atoms with Crippen LogP contribution in [0.15, 0.2) is 55.1 Å².